The molecule has 1 rings (SSSR count). The minimum atomic E-state index is -3.26. The highest BCUT2D eigenvalue weighted by molar-refractivity contribution is 7.88. The summed E-state index contributed by atoms with van der Waals surface area (Å²) in [6, 6.07) is 5.77. The van der Waals surface area contributed by atoms with Gasteiger partial charge in [-0.2, -0.15) is 0 Å². The monoisotopic (exact) mass is 274 g/mol. The zero-order chi connectivity index (χ0) is 13.6. The van der Waals surface area contributed by atoms with Crippen molar-refractivity contribution in [2.45, 2.75) is 13.0 Å². The van der Waals surface area contributed by atoms with Crippen molar-refractivity contribution < 1.29 is 17.6 Å². The standard InChI is InChI=1S/C11H15FN2O3S/c1-18(16,17)14-7-6-11(15)13-8-9-2-4-10(12)5-3-9/h2-5,14H,6-8H2,1H3,(H,13,15). The molecule has 0 radical (unpaired) electrons. The molecule has 0 spiro atoms. The van der Waals surface area contributed by atoms with Crippen LogP contribution in [0.1, 0.15) is 12.0 Å². The average molecular weight is 274 g/mol. The number of nitrogens with one attached hydrogen (secondary N) is 2. The van der Waals surface area contributed by atoms with Crippen molar-refractivity contribution in [3.05, 3.63) is 35.6 Å². The third-order valence-corrected chi connectivity index (χ3v) is 2.85. The van der Waals surface area contributed by atoms with Crippen LogP contribution in [0.15, 0.2) is 24.3 Å². The van der Waals surface area contributed by atoms with E-state index in [4.69, 9.17) is 0 Å². The number of halogens is 1. The molecule has 100 valence electrons. The second-order valence-electron chi connectivity index (χ2n) is 3.82. The van der Waals surface area contributed by atoms with Gasteiger partial charge in [0.2, 0.25) is 15.9 Å². The van der Waals surface area contributed by atoms with Gasteiger partial charge in [-0.1, -0.05) is 12.1 Å². The van der Waals surface area contributed by atoms with E-state index in [9.17, 15) is 17.6 Å². The Labute approximate surface area is 105 Å². The summed E-state index contributed by atoms with van der Waals surface area (Å²) in [5.41, 5.74) is 0.779. The Hall–Kier alpha value is -1.47. The maximum absolute atomic E-state index is 12.6. The summed E-state index contributed by atoms with van der Waals surface area (Å²) in [5.74, 6) is -0.599. The van der Waals surface area contributed by atoms with Gasteiger partial charge in [0.15, 0.2) is 0 Å². The van der Waals surface area contributed by atoms with Crippen molar-refractivity contribution in [1.82, 2.24) is 10.0 Å². The summed E-state index contributed by atoms with van der Waals surface area (Å²) in [5, 5.41) is 2.61. The van der Waals surface area contributed by atoms with Gasteiger partial charge in [-0.3, -0.25) is 4.79 Å². The molecule has 0 aliphatic carbocycles. The van der Waals surface area contributed by atoms with Crippen LogP contribution in [-0.2, 0) is 21.4 Å². The number of benzene rings is 1. The van der Waals surface area contributed by atoms with Gasteiger partial charge in [-0.05, 0) is 17.7 Å². The second-order valence-corrected chi connectivity index (χ2v) is 5.65. The summed E-state index contributed by atoms with van der Waals surface area (Å²) >= 11 is 0. The lowest BCUT2D eigenvalue weighted by molar-refractivity contribution is -0.121. The lowest BCUT2D eigenvalue weighted by atomic mass is 10.2. The van der Waals surface area contributed by atoms with E-state index >= 15 is 0 Å². The molecule has 5 nitrogen and oxygen atoms in total. The van der Waals surface area contributed by atoms with Crippen LogP contribution in [0.25, 0.3) is 0 Å². The Morgan fingerprint density at radius 2 is 1.89 bits per heavy atom. The molecule has 0 atom stereocenters. The van der Waals surface area contributed by atoms with E-state index in [1.807, 2.05) is 0 Å². The number of amides is 1. The van der Waals surface area contributed by atoms with Gasteiger partial charge in [0.25, 0.3) is 0 Å². The van der Waals surface area contributed by atoms with E-state index in [0.29, 0.717) is 0 Å². The summed E-state index contributed by atoms with van der Waals surface area (Å²) < 4.78 is 36.3. The summed E-state index contributed by atoms with van der Waals surface area (Å²) in [6.45, 7) is 0.353. The van der Waals surface area contributed by atoms with Gasteiger partial charge in [-0.25, -0.2) is 17.5 Å². The third-order valence-electron chi connectivity index (χ3n) is 2.12. The molecule has 1 aromatic carbocycles. The molecule has 0 saturated carbocycles. The number of hydrogen-bond donors (Lipinski definition) is 2. The molecule has 1 aromatic rings. The predicted octanol–water partition coefficient (Wildman–Crippen LogP) is 0.381. The SMILES string of the molecule is CS(=O)(=O)NCCC(=O)NCc1ccc(F)cc1. The summed E-state index contributed by atoms with van der Waals surface area (Å²) in [7, 11) is -3.26. The van der Waals surface area contributed by atoms with Crippen molar-refractivity contribution in [3.63, 3.8) is 0 Å². The Morgan fingerprint density at radius 1 is 1.28 bits per heavy atom. The number of rotatable bonds is 6. The lowest BCUT2D eigenvalue weighted by Crippen LogP contribution is -2.29. The molecule has 1 amide bonds. The maximum atomic E-state index is 12.6. The molecule has 0 unspecified atom stereocenters. The fourth-order valence-corrected chi connectivity index (χ4v) is 1.71. The molecule has 7 heteroatoms. The van der Waals surface area contributed by atoms with Crippen LogP contribution in [0, 0.1) is 5.82 Å². The normalized spacial score (nSPS) is 11.2. The highest BCUT2D eigenvalue weighted by Gasteiger charge is 2.04. The Morgan fingerprint density at radius 3 is 2.44 bits per heavy atom. The van der Waals surface area contributed by atoms with Gasteiger partial charge < -0.3 is 5.32 Å². The van der Waals surface area contributed by atoms with Crippen molar-refractivity contribution in [3.8, 4) is 0 Å². The van der Waals surface area contributed by atoms with Crippen LogP contribution in [0.4, 0.5) is 4.39 Å². The minimum absolute atomic E-state index is 0.0636. The van der Waals surface area contributed by atoms with Crippen LogP contribution < -0.4 is 10.0 Å². The van der Waals surface area contributed by atoms with Crippen molar-refractivity contribution in [1.29, 1.82) is 0 Å². The molecule has 2 N–H and O–H groups in total. The van der Waals surface area contributed by atoms with Crippen LogP contribution in [0.5, 0.6) is 0 Å². The Balaban J connectivity index is 2.27. The number of sulfonamides is 1. The zero-order valence-electron chi connectivity index (χ0n) is 9.94. The first-order valence-electron chi connectivity index (χ1n) is 5.32. The Bertz CT molecular complexity index is 500. The third kappa shape index (κ3) is 6.31. The molecule has 0 aliphatic heterocycles. The van der Waals surface area contributed by atoms with E-state index in [1.165, 1.54) is 12.1 Å². The lowest BCUT2D eigenvalue weighted by Gasteiger charge is -2.05. The molecular weight excluding hydrogens is 259 g/mol. The van der Waals surface area contributed by atoms with Gasteiger partial charge >= 0.3 is 0 Å². The quantitative estimate of drug-likeness (QED) is 0.787. The first-order chi connectivity index (χ1) is 8.37. The van der Waals surface area contributed by atoms with Crippen LogP contribution in [-0.4, -0.2) is 27.1 Å². The van der Waals surface area contributed by atoms with Crippen LogP contribution in [0.3, 0.4) is 0 Å². The van der Waals surface area contributed by atoms with E-state index in [-0.39, 0.29) is 31.2 Å². The number of carbonyl (C=O) groups is 1. The molecule has 0 heterocycles. The molecule has 0 aromatic heterocycles. The minimum Gasteiger partial charge on any atom is -0.352 e. The Kier molecular flexibility index (Phi) is 5.24. The molecule has 0 fully saturated rings. The van der Waals surface area contributed by atoms with Crippen molar-refractivity contribution >= 4 is 15.9 Å². The fourth-order valence-electron chi connectivity index (χ4n) is 1.24. The zero-order valence-corrected chi connectivity index (χ0v) is 10.8. The topological polar surface area (TPSA) is 75.3 Å². The van der Waals surface area contributed by atoms with E-state index in [2.05, 4.69) is 10.0 Å². The number of carbonyl (C=O) groups excluding carboxylic acids is 1. The summed E-state index contributed by atoms with van der Waals surface area (Å²) in [6.07, 6.45) is 1.09. The van der Waals surface area contributed by atoms with E-state index in [0.717, 1.165) is 11.8 Å². The molecule has 0 aliphatic rings. The van der Waals surface area contributed by atoms with Crippen LogP contribution in [0.2, 0.25) is 0 Å². The molecule has 0 bridgehead atoms. The highest BCUT2D eigenvalue weighted by atomic mass is 32.2. The number of hydrogen-bond acceptors (Lipinski definition) is 3. The van der Waals surface area contributed by atoms with Crippen LogP contribution >= 0.6 is 0 Å². The second kappa shape index (κ2) is 6.46. The largest absolute Gasteiger partial charge is 0.352 e. The highest BCUT2D eigenvalue weighted by Crippen LogP contribution is 2.01. The predicted molar refractivity (Wildman–Crippen MR) is 65.7 cm³/mol. The summed E-state index contributed by atoms with van der Waals surface area (Å²) in [4.78, 5) is 11.3. The molecular formula is C11H15FN2O3S. The maximum Gasteiger partial charge on any atom is 0.221 e. The fraction of sp³-hybridized carbons (Fsp3) is 0.364. The van der Waals surface area contributed by atoms with Crippen molar-refractivity contribution in [2.24, 2.45) is 0 Å². The smallest absolute Gasteiger partial charge is 0.221 e. The van der Waals surface area contributed by atoms with E-state index < -0.39 is 10.0 Å². The van der Waals surface area contributed by atoms with Gasteiger partial charge in [0.05, 0.1) is 6.26 Å². The van der Waals surface area contributed by atoms with Crippen molar-refractivity contribution in [2.75, 3.05) is 12.8 Å². The molecule has 18 heavy (non-hydrogen) atoms. The first-order valence-corrected chi connectivity index (χ1v) is 7.22. The van der Waals surface area contributed by atoms with E-state index in [1.54, 1.807) is 12.1 Å². The first kappa shape index (κ1) is 14.6. The average Bonchev–Trinajstić information content (AvgIpc) is 2.26. The molecule has 0 saturated heterocycles. The van der Waals surface area contributed by atoms with Gasteiger partial charge in [0.1, 0.15) is 5.82 Å². The van der Waals surface area contributed by atoms with Gasteiger partial charge in [0, 0.05) is 19.5 Å². The van der Waals surface area contributed by atoms with Gasteiger partial charge in [-0.15, -0.1) is 0 Å².